The van der Waals surface area contributed by atoms with Crippen LogP contribution in [0.5, 0.6) is 0 Å². The minimum absolute atomic E-state index is 0.793. The van der Waals surface area contributed by atoms with Crippen LogP contribution in [0.3, 0.4) is 0 Å². The van der Waals surface area contributed by atoms with Gasteiger partial charge in [0.2, 0.25) is 0 Å². The Morgan fingerprint density at radius 1 is 1.12 bits per heavy atom. The molecule has 2 nitrogen and oxygen atoms in total. The molecule has 0 aliphatic rings. The molecule has 1 aromatic heterocycles. The predicted molar refractivity (Wildman–Crippen MR) is 67.7 cm³/mol. The highest BCUT2D eigenvalue weighted by Crippen LogP contribution is 2.31. The molecule has 1 heterocycles. The van der Waals surface area contributed by atoms with Gasteiger partial charge in [-0.2, -0.15) is 0 Å². The Morgan fingerprint density at radius 2 is 1.94 bits per heavy atom. The first kappa shape index (κ1) is 10.1. The average Bonchev–Trinajstić information content (AvgIpc) is 2.86. The fourth-order valence-corrected chi connectivity index (χ4v) is 2.15. The van der Waals surface area contributed by atoms with Crippen LogP contribution in [0, 0.1) is 6.39 Å². The summed E-state index contributed by atoms with van der Waals surface area (Å²) in [5.74, 6) is 0. The smallest absolute Gasteiger partial charge is 0.284 e. The maximum absolute atomic E-state index is 5.24. The number of fused-ring (bicyclic) bond motifs is 1. The number of aromatic nitrogens is 1. The van der Waals surface area contributed by atoms with Gasteiger partial charge in [-0.15, -0.1) is 0 Å². The third kappa shape index (κ3) is 1.62. The number of benzene rings is 2. The van der Waals surface area contributed by atoms with Crippen LogP contribution >= 0.6 is 0 Å². The summed E-state index contributed by atoms with van der Waals surface area (Å²) in [6.07, 6.45) is 3.55. The number of aryl methyl sites for hydroxylation is 1. The van der Waals surface area contributed by atoms with Crippen LogP contribution in [0.15, 0.2) is 46.9 Å². The minimum Gasteiger partial charge on any atom is -0.432 e. The van der Waals surface area contributed by atoms with Crippen LogP contribution in [-0.2, 0) is 6.42 Å². The fraction of sp³-hybridized carbons (Fsp3) is 0.133. The van der Waals surface area contributed by atoms with Crippen LogP contribution in [0.2, 0.25) is 0 Å². The summed E-state index contributed by atoms with van der Waals surface area (Å²) in [4.78, 5) is 4.21. The lowest BCUT2D eigenvalue weighted by molar-refractivity contribution is 0.591. The Bertz CT molecular complexity index is 640. The summed E-state index contributed by atoms with van der Waals surface area (Å²) in [5, 5.41) is 0. The molecule has 17 heavy (non-hydrogen) atoms. The van der Waals surface area contributed by atoms with Gasteiger partial charge in [-0.05, 0) is 23.6 Å². The topological polar surface area (TPSA) is 26.0 Å². The van der Waals surface area contributed by atoms with E-state index in [9.17, 15) is 0 Å². The number of oxazole rings is 1. The van der Waals surface area contributed by atoms with Crippen molar-refractivity contribution in [3.63, 3.8) is 0 Å². The highest BCUT2D eigenvalue weighted by molar-refractivity contribution is 5.92. The summed E-state index contributed by atoms with van der Waals surface area (Å²) in [5.41, 5.74) is 5.32. The normalized spacial score (nSPS) is 10.9. The number of hydrogen-bond donors (Lipinski definition) is 0. The molecule has 0 N–H and O–H groups in total. The minimum atomic E-state index is 0.793. The second kappa shape index (κ2) is 4.06. The third-order valence-corrected chi connectivity index (χ3v) is 2.98. The van der Waals surface area contributed by atoms with Gasteiger partial charge in [-0.25, -0.2) is 4.98 Å². The molecule has 0 amide bonds. The third-order valence-electron chi connectivity index (χ3n) is 2.98. The van der Waals surface area contributed by atoms with Crippen LogP contribution in [-0.4, -0.2) is 4.98 Å². The molecular formula is C15H12NO. The van der Waals surface area contributed by atoms with Crippen molar-refractivity contribution in [2.75, 3.05) is 0 Å². The molecule has 0 unspecified atom stereocenters. The molecule has 0 atom stereocenters. The van der Waals surface area contributed by atoms with Gasteiger partial charge in [-0.3, -0.25) is 0 Å². The molecule has 0 fully saturated rings. The Labute approximate surface area is 99.9 Å². The molecule has 3 aromatic rings. The highest BCUT2D eigenvalue weighted by atomic mass is 16.3. The summed E-state index contributed by atoms with van der Waals surface area (Å²) >= 11 is 0. The lowest BCUT2D eigenvalue weighted by Crippen LogP contribution is -1.89. The molecule has 0 aliphatic heterocycles. The van der Waals surface area contributed by atoms with Crippen molar-refractivity contribution in [3.8, 4) is 11.1 Å². The SMILES string of the molecule is CCc1ccc2o[c]nc2c1-c1ccccc1. The van der Waals surface area contributed by atoms with Gasteiger partial charge in [0.1, 0.15) is 5.52 Å². The van der Waals surface area contributed by atoms with Crippen LogP contribution < -0.4 is 0 Å². The van der Waals surface area contributed by atoms with E-state index in [4.69, 9.17) is 4.42 Å². The van der Waals surface area contributed by atoms with Gasteiger partial charge in [0, 0.05) is 5.56 Å². The zero-order chi connectivity index (χ0) is 11.7. The van der Waals surface area contributed by atoms with Gasteiger partial charge in [0.25, 0.3) is 6.39 Å². The summed E-state index contributed by atoms with van der Waals surface area (Å²) in [7, 11) is 0. The molecule has 0 spiro atoms. The molecule has 0 aliphatic carbocycles. The summed E-state index contributed by atoms with van der Waals surface area (Å²) < 4.78 is 5.24. The van der Waals surface area contributed by atoms with E-state index < -0.39 is 0 Å². The number of rotatable bonds is 2. The van der Waals surface area contributed by atoms with E-state index in [1.165, 1.54) is 11.1 Å². The van der Waals surface area contributed by atoms with Crippen LogP contribution in [0.25, 0.3) is 22.2 Å². The molecule has 1 radical (unpaired) electrons. The van der Waals surface area contributed by atoms with Crippen molar-refractivity contribution < 1.29 is 4.42 Å². The second-order valence-electron chi connectivity index (χ2n) is 3.97. The molecule has 3 rings (SSSR count). The predicted octanol–water partition coefficient (Wildman–Crippen LogP) is 3.86. The van der Waals surface area contributed by atoms with Crippen molar-refractivity contribution in [3.05, 3.63) is 54.4 Å². The molecule has 0 saturated heterocycles. The Balaban J connectivity index is 2.36. The van der Waals surface area contributed by atoms with Crippen molar-refractivity contribution in [1.29, 1.82) is 0 Å². The first-order chi connectivity index (χ1) is 8.40. The van der Waals surface area contributed by atoms with E-state index in [1.807, 2.05) is 24.3 Å². The van der Waals surface area contributed by atoms with Crippen molar-refractivity contribution in [2.45, 2.75) is 13.3 Å². The van der Waals surface area contributed by atoms with Gasteiger partial charge in [0.15, 0.2) is 5.58 Å². The first-order valence-corrected chi connectivity index (χ1v) is 5.74. The van der Waals surface area contributed by atoms with Crippen molar-refractivity contribution in [1.82, 2.24) is 4.98 Å². The Morgan fingerprint density at radius 3 is 2.71 bits per heavy atom. The average molecular weight is 222 g/mol. The second-order valence-corrected chi connectivity index (χ2v) is 3.97. The first-order valence-electron chi connectivity index (χ1n) is 5.74. The van der Waals surface area contributed by atoms with Crippen molar-refractivity contribution in [2.24, 2.45) is 0 Å². The van der Waals surface area contributed by atoms with Gasteiger partial charge in [-0.1, -0.05) is 43.3 Å². The van der Waals surface area contributed by atoms with Gasteiger partial charge in [0.05, 0.1) is 0 Å². The standard InChI is InChI=1S/C15H12NO/c1-2-11-8-9-13-15(16-10-17-13)14(11)12-6-4-3-5-7-12/h3-9H,2H2,1H3. The van der Waals surface area contributed by atoms with E-state index in [0.717, 1.165) is 23.1 Å². The molecular weight excluding hydrogens is 210 g/mol. The largest absolute Gasteiger partial charge is 0.432 e. The summed E-state index contributed by atoms with van der Waals surface area (Å²) in [6, 6.07) is 14.4. The van der Waals surface area contributed by atoms with E-state index >= 15 is 0 Å². The van der Waals surface area contributed by atoms with Crippen molar-refractivity contribution >= 4 is 11.1 Å². The summed E-state index contributed by atoms with van der Waals surface area (Å²) in [6.45, 7) is 2.15. The zero-order valence-corrected chi connectivity index (χ0v) is 9.60. The van der Waals surface area contributed by atoms with E-state index in [2.05, 4.69) is 36.5 Å². The molecule has 0 bridgehead atoms. The quantitative estimate of drug-likeness (QED) is 0.658. The lowest BCUT2D eigenvalue weighted by atomic mass is 9.97. The van der Waals surface area contributed by atoms with Crippen LogP contribution in [0.4, 0.5) is 0 Å². The Kier molecular flexibility index (Phi) is 2.41. The fourth-order valence-electron chi connectivity index (χ4n) is 2.15. The monoisotopic (exact) mass is 222 g/mol. The number of nitrogens with zero attached hydrogens (tertiary/aromatic N) is 1. The Hall–Kier alpha value is -2.09. The zero-order valence-electron chi connectivity index (χ0n) is 9.60. The van der Waals surface area contributed by atoms with E-state index in [0.29, 0.717) is 0 Å². The maximum atomic E-state index is 5.24. The van der Waals surface area contributed by atoms with E-state index in [1.54, 1.807) is 0 Å². The number of hydrogen-bond acceptors (Lipinski definition) is 2. The van der Waals surface area contributed by atoms with Crippen LogP contribution in [0.1, 0.15) is 12.5 Å². The molecule has 83 valence electrons. The molecule has 0 saturated carbocycles. The lowest BCUT2D eigenvalue weighted by Gasteiger charge is -2.08. The van der Waals surface area contributed by atoms with Gasteiger partial charge < -0.3 is 4.42 Å². The van der Waals surface area contributed by atoms with Gasteiger partial charge >= 0.3 is 0 Å². The molecule has 2 aromatic carbocycles. The molecule has 2 heteroatoms. The highest BCUT2D eigenvalue weighted by Gasteiger charge is 2.11. The maximum Gasteiger partial charge on any atom is 0.284 e. The van der Waals surface area contributed by atoms with E-state index in [-0.39, 0.29) is 0 Å².